The Bertz CT molecular complexity index is 604. The van der Waals surface area contributed by atoms with Crippen molar-refractivity contribution in [2.24, 2.45) is 5.41 Å². The molecule has 1 heteroatoms. The molecule has 0 unspecified atom stereocenters. The van der Waals surface area contributed by atoms with Gasteiger partial charge in [-0.1, -0.05) is 88.2 Å². The van der Waals surface area contributed by atoms with Crippen LogP contribution in [-0.2, 0) is 6.42 Å². The van der Waals surface area contributed by atoms with Gasteiger partial charge in [0.05, 0.1) is 0 Å². The largest absolute Gasteiger partial charge is 0.289 e. The molecular weight excluding hydrogens is 280 g/mol. The Morgan fingerprint density at radius 1 is 0.826 bits per heavy atom. The van der Waals surface area contributed by atoms with Gasteiger partial charge in [0.1, 0.15) is 0 Å². The topological polar surface area (TPSA) is 17.1 Å². The van der Waals surface area contributed by atoms with Gasteiger partial charge in [-0.25, -0.2) is 0 Å². The lowest BCUT2D eigenvalue weighted by molar-refractivity contribution is 0.103. The lowest BCUT2D eigenvalue weighted by Crippen LogP contribution is -2.19. The van der Waals surface area contributed by atoms with Crippen LogP contribution in [0.15, 0.2) is 54.6 Å². The quantitative estimate of drug-likeness (QED) is 0.541. The predicted octanol–water partition coefficient (Wildman–Crippen LogP) is 6.07. The maximum Gasteiger partial charge on any atom is 0.193 e. The summed E-state index contributed by atoms with van der Waals surface area (Å²) in [6, 6.07) is 17.7. The Kier molecular flexibility index (Phi) is 6.15. The van der Waals surface area contributed by atoms with Crippen LogP contribution in [0, 0.1) is 5.41 Å². The minimum absolute atomic E-state index is 0.0991. The van der Waals surface area contributed by atoms with Gasteiger partial charge in [-0.3, -0.25) is 4.79 Å². The van der Waals surface area contributed by atoms with Crippen LogP contribution in [0.3, 0.4) is 0 Å². The molecule has 0 radical (unpaired) electrons. The van der Waals surface area contributed by atoms with E-state index in [-0.39, 0.29) is 5.78 Å². The molecule has 0 saturated carbocycles. The van der Waals surface area contributed by atoms with Gasteiger partial charge >= 0.3 is 0 Å². The number of hydrogen-bond donors (Lipinski definition) is 0. The third-order valence-corrected chi connectivity index (χ3v) is 4.59. The van der Waals surface area contributed by atoms with E-state index in [0.717, 1.165) is 17.5 Å². The predicted molar refractivity (Wildman–Crippen MR) is 97.9 cm³/mol. The molecule has 2 aromatic carbocycles. The molecule has 2 rings (SSSR count). The molecule has 0 atom stereocenters. The van der Waals surface area contributed by atoms with Gasteiger partial charge in [-0.2, -0.15) is 0 Å². The summed E-state index contributed by atoms with van der Waals surface area (Å²) in [6.45, 7) is 6.91. The number of carbonyl (C=O) groups excluding carboxylic acids is 1. The highest BCUT2D eigenvalue weighted by Gasteiger charge is 2.22. The van der Waals surface area contributed by atoms with Crippen LogP contribution in [0.25, 0.3) is 0 Å². The van der Waals surface area contributed by atoms with E-state index < -0.39 is 0 Å². The fourth-order valence-corrected chi connectivity index (χ4v) is 3.53. The zero-order valence-corrected chi connectivity index (χ0v) is 14.6. The fourth-order valence-electron chi connectivity index (χ4n) is 3.53. The second-order valence-corrected chi connectivity index (χ2v) is 6.88. The summed E-state index contributed by atoms with van der Waals surface area (Å²) in [5.74, 6) is 0.0991. The van der Waals surface area contributed by atoms with Crippen molar-refractivity contribution in [1.29, 1.82) is 0 Å². The second-order valence-electron chi connectivity index (χ2n) is 6.88. The summed E-state index contributed by atoms with van der Waals surface area (Å²) >= 11 is 0. The van der Waals surface area contributed by atoms with E-state index in [9.17, 15) is 4.79 Å². The van der Waals surface area contributed by atoms with Gasteiger partial charge < -0.3 is 0 Å². The summed E-state index contributed by atoms with van der Waals surface area (Å²) in [5.41, 5.74) is 3.22. The standard InChI is InChI=1S/C22H28O/c1-4-15-22(3,16-5-2)17-18-11-13-20(14-12-18)21(23)19-9-7-6-8-10-19/h6-14H,4-5,15-17H2,1-3H3. The van der Waals surface area contributed by atoms with E-state index >= 15 is 0 Å². The maximum absolute atomic E-state index is 12.4. The smallest absolute Gasteiger partial charge is 0.193 e. The van der Waals surface area contributed by atoms with E-state index in [2.05, 4.69) is 32.9 Å². The highest BCUT2D eigenvalue weighted by Crippen LogP contribution is 2.33. The lowest BCUT2D eigenvalue weighted by atomic mass is 9.76. The third kappa shape index (κ3) is 4.79. The number of benzene rings is 2. The van der Waals surface area contributed by atoms with Crippen LogP contribution in [0.2, 0.25) is 0 Å². The summed E-state index contributed by atoms with van der Waals surface area (Å²) in [5, 5.41) is 0. The van der Waals surface area contributed by atoms with Gasteiger partial charge in [0.2, 0.25) is 0 Å². The molecule has 0 bridgehead atoms. The first-order valence-corrected chi connectivity index (χ1v) is 8.76. The molecule has 0 saturated heterocycles. The van der Waals surface area contributed by atoms with Crippen molar-refractivity contribution in [1.82, 2.24) is 0 Å². The van der Waals surface area contributed by atoms with Crippen molar-refractivity contribution in [2.75, 3.05) is 0 Å². The molecular formula is C22H28O. The first-order valence-electron chi connectivity index (χ1n) is 8.76. The Labute approximate surface area is 140 Å². The summed E-state index contributed by atoms with van der Waals surface area (Å²) in [4.78, 5) is 12.4. The van der Waals surface area contributed by atoms with E-state index in [0.29, 0.717) is 5.41 Å². The van der Waals surface area contributed by atoms with Crippen molar-refractivity contribution < 1.29 is 4.79 Å². The van der Waals surface area contributed by atoms with Crippen molar-refractivity contribution >= 4 is 5.78 Å². The minimum Gasteiger partial charge on any atom is -0.289 e. The first-order chi connectivity index (χ1) is 11.1. The monoisotopic (exact) mass is 308 g/mol. The second kappa shape index (κ2) is 8.10. The lowest BCUT2D eigenvalue weighted by Gasteiger charge is -2.29. The maximum atomic E-state index is 12.4. The van der Waals surface area contributed by atoms with Gasteiger partial charge in [0.25, 0.3) is 0 Å². The van der Waals surface area contributed by atoms with Crippen LogP contribution in [-0.4, -0.2) is 5.78 Å². The van der Waals surface area contributed by atoms with Crippen LogP contribution in [0.5, 0.6) is 0 Å². The zero-order chi connectivity index (χ0) is 16.7. The molecule has 2 aromatic rings. The molecule has 1 nitrogen and oxygen atoms in total. The SMILES string of the molecule is CCCC(C)(CCC)Cc1ccc(C(=O)c2ccccc2)cc1. The van der Waals surface area contributed by atoms with Crippen LogP contribution in [0.4, 0.5) is 0 Å². The number of carbonyl (C=O) groups is 1. The molecule has 0 heterocycles. The van der Waals surface area contributed by atoms with Crippen molar-refractivity contribution in [3.8, 4) is 0 Å². The Morgan fingerprint density at radius 3 is 1.87 bits per heavy atom. The molecule has 0 aliphatic carbocycles. The molecule has 0 N–H and O–H groups in total. The summed E-state index contributed by atoms with van der Waals surface area (Å²) in [7, 11) is 0. The van der Waals surface area contributed by atoms with Crippen molar-refractivity contribution in [3.63, 3.8) is 0 Å². The number of hydrogen-bond acceptors (Lipinski definition) is 1. The highest BCUT2D eigenvalue weighted by atomic mass is 16.1. The van der Waals surface area contributed by atoms with Crippen LogP contribution < -0.4 is 0 Å². The molecule has 23 heavy (non-hydrogen) atoms. The molecule has 122 valence electrons. The first kappa shape index (κ1) is 17.5. The van der Waals surface area contributed by atoms with Gasteiger partial charge in [0, 0.05) is 11.1 Å². The van der Waals surface area contributed by atoms with Gasteiger partial charge in [-0.05, 0) is 30.2 Å². The van der Waals surface area contributed by atoms with Crippen LogP contribution in [0.1, 0.15) is 67.9 Å². The van der Waals surface area contributed by atoms with E-state index in [1.807, 2.05) is 42.5 Å². The summed E-state index contributed by atoms with van der Waals surface area (Å²) < 4.78 is 0. The van der Waals surface area contributed by atoms with Crippen molar-refractivity contribution in [3.05, 3.63) is 71.3 Å². The van der Waals surface area contributed by atoms with Crippen LogP contribution >= 0.6 is 0 Å². The Balaban J connectivity index is 2.11. The Hall–Kier alpha value is -1.89. The molecule has 0 amide bonds. The van der Waals surface area contributed by atoms with E-state index in [4.69, 9.17) is 0 Å². The highest BCUT2D eigenvalue weighted by molar-refractivity contribution is 6.08. The molecule has 0 spiro atoms. The van der Waals surface area contributed by atoms with Gasteiger partial charge in [0.15, 0.2) is 5.78 Å². The normalized spacial score (nSPS) is 11.4. The van der Waals surface area contributed by atoms with Crippen molar-refractivity contribution in [2.45, 2.75) is 52.9 Å². The Morgan fingerprint density at radius 2 is 1.35 bits per heavy atom. The number of rotatable bonds is 8. The molecule has 0 aliphatic rings. The fraction of sp³-hybridized carbons (Fsp3) is 0.409. The molecule has 0 fully saturated rings. The van der Waals surface area contributed by atoms with E-state index in [1.54, 1.807) is 0 Å². The molecule has 0 aliphatic heterocycles. The zero-order valence-electron chi connectivity index (χ0n) is 14.6. The third-order valence-electron chi connectivity index (χ3n) is 4.59. The number of ketones is 1. The summed E-state index contributed by atoms with van der Waals surface area (Å²) in [6.07, 6.45) is 6.05. The van der Waals surface area contributed by atoms with E-state index in [1.165, 1.54) is 31.2 Å². The minimum atomic E-state index is 0.0991. The average molecular weight is 308 g/mol. The average Bonchev–Trinajstić information content (AvgIpc) is 2.56. The van der Waals surface area contributed by atoms with Gasteiger partial charge in [-0.15, -0.1) is 0 Å². The molecule has 0 aromatic heterocycles.